The monoisotopic (exact) mass is 466 g/mol. The number of para-hydroxylation sites is 1. The number of aromatic nitrogens is 2. The average molecular weight is 467 g/mol. The Morgan fingerprint density at radius 2 is 1.80 bits per heavy atom. The van der Waals surface area contributed by atoms with E-state index in [0.717, 1.165) is 54.0 Å². The van der Waals surface area contributed by atoms with Crippen LogP contribution in [0.15, 0.2) is 79.1 Å². The molecule has 2 aliphatic rings. The van der Waals surface area contributed by atoms with Gasteiger partial charge in [0.25, 0.3) is 0 Å². The number of hydrogen-bond acceptors (Lipinski definition) is 4. The lowest BCUT2D eigenvalue weighted by atomic mass is 9.77. The summed E-state index contributed by atoms with van der Waals surface area (Å²) in [6.07, 6.45) is 3.85. The van der Waals surface area contributed by atoms with Gasteiger partial charge in [0, 0.05) is 31.6 Å². The van der Waals surface area contributed by atoms with Gasteiger partial charge in [-0.25, -0.2) is 4.98 Å². The highest BCUT2D eigenvalue weighted by Crippen LogP contribution is 2.44. The SMILES string of the molecule is CN1CC(c2ccc3c(ncn3CCc3ccccc3)c2Oc2ccccc2)C2CCNC2C1=O. The predicted molar refractivity (Wildman–Crippen MR) is 137 cm³/mol. The molecule has 1 aromatic heterocycles. The summed E-state index contributed by atoms with van der Waals surface area (Å²) >= 11 is 0. The van der Waals surface area contributed by atoms with E-state index < -0.39 is 0 Å². The zero-order chi connectivity index (χ0) is 23.8. The highest BCUT2D eigenvalue weighted by molar-refractivity contribution is 5.86. The molecule has 1 N–H and O–H groups in total. The van der Waals surface area contributed by atoms with Gasteiger partial charge in [0.15, 0.2) is 5.75 Å². The van der Waals surface area contributed by atoms with Gasteiger partial charge >= 0.3 is 0 Å². The Labute approximate surface area is 205 Å². The van der Waals surface area contributed by atoms with Crippen LogP contribution >= 0.6 is 0 Å². The molecule has 0 radical (unpaired) electrons. The fourth-order valence-electron chi connectivity index (χ4n) is 5.71. The summed E-state index contributed by atoms with van der Waals surface area (Å²) in [4.78, 5) is 19.5. The molecule has 3 unspecified atom stereocenters. The number of benzene rings is 3. The van der Waals surface area contributed by atoms with Gasteiger partial charge in [-0.3, -0.25) is 4.79 Å². The number of likely N-dealkylation sites (N-methyl/N-ethyl adjacent to an activating group) is 1. The van der Waals surface area contributed by atoms with Crippen molar-refractivity contribution in [3.05, 3.63) is 90.3 Å². The summed E-state index contributed by atoms with van der Waals surface area (Å²) in [5.74, 6) is 2.25. The van der Waals surface area contributed by atoms with Gasteiger partial charge in [-0.05, 0) is 49.1 Å². The number of nitrogens with one attached hydrogen (secondary N) is 1. The van der Waals surface area contributed by atoms with E-state index in [1.165, 1.54) is 5.56 Å². The molecule has 35 heavy (non-hydrogen) atoms. The molecule has 0 bridgehead atoms. The molecular formula is C29H30N4O2. The number of aryl methyl sites for hydroxylation is 2. The van der Waals surface area contributed by atoms with E-state index >= 15 is 0 Å². The molecular weight excluding hydrogens is 436 g/mol. The van der Waals surface area contributed by atoms with Crippen LogP contribution in [-0.2, 0) is 17.8 Å². The highest BCUT2D eigenvalue weighted by atomic mass is 16.5. The third-order valence-corrected chi connectivity index (χ3v) is 7.52. The number of likely N-dealkylation sites (tertiary alicyclic amines) is 1. The van der Waals surface area contributed by atoms with Crippen molar-refractivity contribution in [1.82, 2.24) is 19.8 Å². The molecule has 3 aromatic carbocycles. The lowest BCUT2D eigenvalue weighted by molar-refractivity contribution is -0.136. The zero-order valence-electron chi connectivity index (χ0n) is 19.9. The Morgan fingerprint density at radius 3 is 2.60 bits per heavy atom. The summed E-state index contributed by atoms with van der Waals surface area (Å²) in [7, 11) is 1.90. The van der Waals surface area contributed by atoms with E-state index in [9.17, 15) is 4.79 Å². The number of rotatable bonds is 6. The van der Waals surface area contributed by atoms with Crippen molar-refractivity contribution >= 4 is 16.9 Å². The van der Waals surface area contributed by atoms with Crippen LogP contribution in [-0.4, -0.2) is 46.5 Å². The van der Waals surface area contributed by atoms with Crippen LogP contribution in [0.5, 0.6) is 11.5 Å². The summed E-state index contributed by atoms with van der Waals surface area (Å²) in [5.41, 5.74) is 4.38. The van der Waals surface area contributed by atoms with E-state index in [0.29, 0.717) is 6.54 Å². The van der Waals surface area contributed by atoms with Crippen LogP contribution in [0.3, 0.4) is 0 Å². The second kappa shape index (κ2) is 9.19. The largest absolute Gasteiger partial charge is 0.455 e. The lowest BCUT2D eigenvalue weighted by Crippen LogP contribution is -2.52. The van der Waals surface area contributed by atoms with Crippen molar-refractivity contribution in [2.75, 3.05) is 20.1 Å². The van der Waals surface area contributed by atoms with Crippen LogP contribution < -0.4 is 10.1 Å². The number of carbonyl (C=O) groups excluding carboxylic acids is 1. The number of carbonyl (C=O) groups is 1. The summed E-state index contributed by atoms with van der Waals surface area (Å²) in [6.45, 7) is 2.41. The number of imidazole rings is 1. The Kier molecular flexibility index (Phi) is 5.74. The number of piperidine rings is 1. The maximum absolute atomic E-state index is 12.8. The molecule has 1 amide bonds. The second-order valence-corrected chi connectivity index (χ2v) is 9.65. The van der Waals surface area contributed by atoms with Crippen LogP contribution in [0, 0.1) is 5.92 Å². The van der Waals surface area contributed by atoms with Crippen LogP contribution in [0.25, 0.3) is 11.0 Å². The Hall–Kier alpha value is -3.64. The number of ether oxygens (including phenoxy) is 1. The first-order valence-corrected chi connectivity index (χ1v) is 12.4. The van der Waals surface area contributed by atoms with E-state index in [1.54, 1.807) is 0 Å². The standard InChI is InChI=1S/C29H30N4O2/c1-32-18-24(22-14-16-30-26(22)29(32)34)23-12-13-25-27(28(23)35-21-10-6-3-7-11-21)31-19-33(25)17-15-20-8-4-2-5-9-20/h2-13,19,22,24,26,30H,14-18H2,1H3. The van der Waals surface area contributed by atoms with Gasteiger partial charge in [0.2, 0.25) is 5.91 Å². The molecule has 178 valence electrons. The molecule has 4 aromatic rings. The first kappa shape index (κ1) is 21.9. The molecule has 3 heterocycles. The summed E-state index contributed by atoms with van der Waals surface area (Å²) < 4.78 is 8.77. The molecule has 0 aliphatic carbocycles. The van der Waals surface area contributed by atoms with Crippen LogP contribution in [0.4, 0.5) is 0 Å². The maximum atomic E-state index is 12.8. The van der Waals surface area contributed by atoms with Gasteiger partial charge in [-0.15, -0.1) is 0 Å². The highest BCUT2D eigenvalue weighted by Gasteiger charge is 2.45. The lowest BCUT2D eigenvalue weighted by Gasteiger charge is -2.39. The smallest absolute Gasteiger partial charge is 0.239 e. The molecule has 2 fully saturated rings. The van der Waals surface area contributed by atoms with E-state index in [4.69, 9.17) is 9.72 Å². The summed E-state index contributed by atoms with van der Waals surface area (Å²) in [6, 6.07) is 24.7. The average Bonchev–Trinajstić information content (AvgIpc) is 3.55. The third-order valence-electron chi connectivity index (χ3n) is 7.52. The van der Waals surface area contributed by atoms with Crippen LogP contribution in [0.1, 0.15) is 23.5 Å². The minimum Gasteiger partial charge on any atom is -0.455 e. The topological polar surface area (TPSA) is 59.4 Å². The Morgan fingerprint density at radius 1 is 1.03 bits per heavy atom. The molecule has 2 aliphatic heterocycles. The molecule has 3 atom stereocenters. The predicted octanol–water partition coefficient (Wildman–Crippen LogP) is 4.61. The van der Waals surface area contributed by atoms with E-state index in [-0.39, 0.29) is 23.8 Å². The number of nitrogens with zero attached hydrogens (tertiary/aromatic N) is 3. The minimum absolute atomic E-state index is 0.123. The first-order valence-electron chi connectivity index (χ1n) is 12.4. The quantitative estimate of drug-likeness (QED) is 0.451. The van der Waals surface area contributed by atoms with Gasteiger partial charge < -0.3 is 19.5 Å². The molecule has 2 saturated heterocycles. The first-order chi connectivity index (χ1) is 17.2. The molecule has 0 spiro atoms. The minimum atomic E-state index is -0.123. The zero-order valence-corrected chi connectivity index (χ0v) is 19.9. The fourth-order valence-corrected chi connectivity index (χ4v) is 5.71. The van der Waals surface area contributed by atoms with Crippen molar-refractivity contribution in [1.29, 1.82) is 0 Å². The molecule has 6 heteroatoms. The Balaban J connectivity index is 1.40. The van der Waals surface area contributed by atoms with Crippen molar-refractivity contribution < 1.29 is 9.53 Å². The fraction of sp³-hybridized carbons (Fsp3) is 0.310. The normalized spacial score (nSPS) is 21.9. The van der Waals surface area contributed by atoms with Crippen molar-refractivity contribution in [2.24, 2.45) is 5.92 Å². The van der Waals surface area contributed by atoms with Crippen molar-refractivity contribution in [3.8, 4) is 11.5 Å². The summed E-state index contributed by atoms with van der Waals surface area (Å²) in [5, 5.41) is 3.43. The van der Waals surface area contributed by atoms with Gasteiger partial charge in [-0.1, -0.05) is 54.6 Å². The second-order valence-electron chi connectivity index (χ2n) is 9.65. The van der Waals surface area contributed by atoms with Crippen LogP contribution in [0.2, 0.25) is 0 Å². The number of hydrogen-bond donors (Lipinski definition) is 1. The number of fused-ring (bicyclic) bond motifs is 2. The van der Waals surface area contributed by atoms with Crippen molar-refractivity contribution in [3.63, 3.8) is 0 Å². The molecule has 6 nitrogen and oxygen atoms in total. The van der Waals surface area contributed by atoms with E-state index in [2.05, 4.69) is 46.3 Å². The number of amides is 1. The van der Waals surface area contributed by atoms with E-state index in [1.807, 2.05) is 54.7 Å². The van der Waals surface area contributed by atoms with Gasteiger partial charge in [-0.2, -0.15) is 0 Å². The molecule has 6 rings (SSSR count). The van der Waals surface area contributed by atoms with Gasteiger partial charge in [0.1, 0.15) is 11.3 Å². The molecule has 0 saturated carbocycles. The third kappa shape index (κ3) is 4.08. The van der Waals surface area contributed by atoms with Gasteiger partial charge in [0.05, 0.1) is 17.9 Å². The van der Waals surface area contributed by atoms with Crippen molar-refractivity contribution in [2.45, 2.75) is 31.3 Å². The maximum Gasteiger partial charge on any atom is 0.239 e. The Bertz CT molecular complexity index is 1340.